The minimum absolute atomic E-state index is 0.347. The van der Waals surface area contributed by atoms with Gasteiger partial charge in [0, 0.05) is 11.9 Å². The molecule has 1 fully saturated rings. The topological polar surface area (TPSA) is 71.1 Å². The monoisotopic (exact) mass is 299 g/mol. The molecule has 1 aromatic heterocycles. The van der Waals surface area contributed by atoms with E-state index in [1.807, 2.05) is 0 Å². The first kappa shape index (κ1) is 14.2. The number of pyridine rings is 1. The number of nitrogens with one attached hydrogen (secondary N) is 2. The van der Waals surface area contributed by atoms with Gasteiger partial charge in [0.25, 0.3) is 0 Å². The Morgan fingerprint density at radius 3 is 2.18 bits per heavy atom. The number of halogens is 1. The number of anilines is 2. The van der Waals surface area contributed by atoms with Gasteiger partial charge in [0.2, 0.25) is 11.8 Å². The van der Waals surface area contributed by atoms with Gasteiger partial charge in [-0.05, 0) is 49.2 Å². The van der Waals surface area contributed by atoms with Crippen molar-refractivity contribution < 1.29 is 14.0 Å². The Morgan fingerprint density at radius 1 is 1.00 bits per heavy atom. The molecule has 112 valence electrons. The third kappa shape index (κ3) is 2.81. The molecule has 1 heterocycles. The van der Waals surface area contributed by atoms with Crippen LogP contribution in [0.5, 0.6) is 0 Å². The van der Waals surface area contributed by atoms with Crippen LogP contribution in [0, 0.1) is 11.2 Å². The lowest BCUT2D eigenvalue weighted by Gasteiger charge is -2.15. The Kier molecular flexibility index (Phi) is 3.58. The van der Waals surface area contributed by atoms with Gasteiger partial charge < -0.3 is 10.6 Å². The number of hydrogen-bond donors (Lipinski definition) is 2. The van der Waals surface area contributed by atoms with Crippen LogP contribution in [0.25, 0.3) is 0 Å². The fraction of sp³-hybridized carbons (Fsp3) is 0.188. The summed E-state index contributed by atoms with van der Waals surface area (Å²) >= 11 is 0. The van der Waals surface area contributed by atoms with E-state index in [2.05, 4.69) is 15.6 Å². The normalized spacial score (nSPS) is 15.0. The second-order valence-electron chi connectivity index (χ2n) is 5.24. The van der Waals surface area contributed by atoms with Crippen molar-refractivity contribution in [2.45, 2.75) is 12.8 Å². The zero-order valence-corrected chi connectivity index (χ0v) is 11.7. The second-order valence-corrected chi connectivity index (χ2v) is 5.24. The Hall–Kier alpha value is -2.76. The van der Waals surface area contributed by atoms with E-state index in [0.717, 1.165) is 0 Å². The molecule has 2 aromatic rings. The van der Waals surface area contributed by atoms with Crippen molar-refractivity contribution in [3.63, 3.8) is 0 Å². The molecule has 5 nitrogen and oxygen atoms in total. The van der Waals surface area contributed by atoms with Gasteiger partial charge in [0.05, 0.1) is 11.9 Å². The van der Waals surface area contributed by atoms with Crippen molar-refractivity contribution in [1.29, 1.82) is 0 Å². The molecule has 1 aliphatic carbocycles. The highest BCUT2D eigenvalue weighted by Crippen LogP contribution is 2.47. The first-order valence-corrected chi connectivity index (χ1v) is 6.89. The summed E-state index contributed by atoms with van der Waals surface area (Å²) in [5, 5.41) is 5.35. The minimum Gasteiger partial charge on any atom is -0.325 e. The number of rotatable bonds is 4. The van der Waals surface area contributed by atoms with Crippen molar-refractivity contribution in [2.75, 3.05) is 10.6 Å². The van der Waals surface area contributed by atoms with Crippen LogP contribution < -0.4 is 10.6 Å². The molecule has 22 heavy (non-hydrogen) atoms. The number of benzene rings is 1. The van der Waals surface area contributed by atoms with Crippen LogP contribution in [0.3, 0.4) is 0 Å². The first-order valence-electron chi connectivity index (χ1n) is 6.89. The van der Waals surface area contributed by atoms with Crippen molar-refractivity contribution in [3.05, 3.63) is 54.6 Å². The van der Waals surface area contributed by atoms with Gasteiger partial charge in [0.15, 0.2) is 0 Å². The molecular formula is C16H14FN3O2. The van der Waals surface area contributed by atoms with Gasteiger partial charge in [-0.3, -0.25) is 14.6 Å². The predicted octanol–water partition coefficient (Wildman–Crippen LogP) is 2.58. The molecule has 3 rings (SSSR count). The summed E-state index contributed by atoms with van der Waals surface area (Å²) < 4.78 is 12.9. The van der Waals surface area contributed by atoms with Gasteiger partial charge >= 0.3 is 0 Å². The molecule has 0 aliphatic heterocycles. The average molecular weight is 299 g/mol. The van der Waals surface area contributed by atoms with E-state index in [0.29, 0.717) is 24.2 Å². The molecule has 6 heteroatoms. The summed E-state index contributed by atoms with van der Waals surface area (Å²) in [6.45, 7) is 0. The van der Waals surface area contributed by atoms with Crippen molar-refractivity contribution in [2.24, 2.45) is 5.41 Å². The lowest BCUT2D eigenvalue weighted by molar-refractivity contribution is -0.131. The summed E-state index contributed by atoms with van der Waals surface area (Å²) in [7, 11) is 0. The van der Waals surface area contributed by atoms with E-state index in [4.69, 9.17) is 0 Å². The van der Waals surface area contributed by atoms with Gasteiger partial charge in [-0.25, -0.2) is 4.39 Å². The highest BCUT2D eigenvalue weighted by Gasteiger charge is 2.56. The molecule has 0 unspecified atom stereocenters. The molecule has 0 saturated heterocycles. The molecule has 1 aromatic carbocycles. The maximum Gasteiger partial charge on any atom is 0.240 e. The number of nitrogens with zero attached hydrogens (tertiary/aromatic N) is 1. The Balaban J connectivity index is 1.68. The van der Waals surface area contributed by atoms with Crippen LogP contribution in [0.15, 0.2) is 48.8 Å². The second kappa shape index (κ2) is 5.55. The molecular weight excluding hydrogens is 285 g/mol. The fourth-order valence-corrected chi connectivity index (χ4v) is 2.15. The van der Waals surface area contributed by atoms with Crippen LogP contribution in [0.4, 0.5) is 15.8 Å². The van der Waals surface area contributed by atoms with Gasteiger partial charge in [-0.2, -0.15) is 0 Å². The van der Waals surface area contributed by atoms with Gasteiger partial charge in [-0.15, -0.1) is 0 Å². The quantitative estimate of drug-likeness (QED) is 0.852. The van der Waals surface area contributed by atoms with E-state index < -0.39 is 5.41 Å². The minimum atomic E-state index is -1.05. The zero-order valence-electron chi connectivity index (χ0n) is 11.7. The molecule has 0 atom stereocenters. The first-order chi connectivity index (χ1) is 10.6. The number of hydrogen-bond acceptors (Lipinski definition) is 3. The third-order valence-corrected chi connectivity index (χ3v) is 3.64. The van der Waals surface area contributed by atoms with Crippen molar-refractivity contribution in [1.82, 2.24) is 4.98 Å². The third-order valence-electron chi connectivity index (χ3n) is 3.64. The largest absolute Gasteiger partial charge is 0.325 e. The summed E-state index contributed by atoms with van der Waals surface area (Å²) in [5.74, 6) is -1.10. The summed E-state index contributed by atoms with van der Waals surface area (Å²) in [6.07, 6.45) is 4.11. The summed E-state index contributed by atoms with van der Waals surface area (Å²) in [4.78, 5) is 28.6. The molecule has 0 radical (unpaired) electrons. The zero-order chi connectivity index (χ0) is 15.6. The van der Waals surface area contributed by atoms with Crippen LogP contribution >= 0.6 is 0 Å². The van der Waals surface area contributed by atoms with Crippen molar-refractivity contribution >= 4 is 23.2 Å². The van der Waals surface area contributed by atoms with Crippen LogP contribution in [-0.2, 0) is 9.59 Å². The van der Waals surface area contributed by atoms with Gasteiger partial charge in [0.1, 0.15) is 11.2 Å². The van der Waals surface area contributed by atoms with Crippen LogP contribution in [-0.4, -0.2) is 16.8 Å². The van der Waals surface area contributed by atoms with Gasteiger partial charge in [-0.1, -0.05) is 0 Å². The molecule has 1 aliphatic rings. The Morgan fingerprint density at radius 2 is 1.64 bits per heavy atom. The molecule has 0 spiro atoms. The maximum atomic E-state index is 12.9. The highest BCUT2D eigenvalue weighted by molar-refractivity contribution is 6.16. The van der Waals surface area contributed by atoms with E-state index in [1.54, 1.807) is 18.3 Å². The van der Waals surface area contributed by atoms with E-state index in [9.17, 15) is 14.0 Å². The molecule has 0 bridgehead atoms. The summed E-state index contributed by atoms with van der Waals surface area (Å²) in [6, 6.07) is 8.84. The van der Waals surface area contributed by atoms with Crippen LogP contribution in [0.1, 0.15) is 12.8 Å². The van der Waals surface area contributed by atoms with E-state index in [-0.39, 0.29) is 17.6 Å². The van der Waals surface area contributed by atoms with Crippen LogP contribution in [0.2, 0.25) is 0 Å². The molecule has 2 amide bonds. The van der Waals surface area contributed by atoms with E-state index in [1.165, 1.54) is 30.5 Å². The lowest BCUT2D eigenvalue weighted by Crippen LogP contribution is -2.35. The smallest absolute Gasteiger partial charge is 0.240 e. The standard InChI is InChI=1S/C16H14FN3O2/c17-11-3-5-12(6-4-11)19-14(21)16(7-8-16)15(22)20-13-2-1-9-18-10-13/h1-6,9-10H,7-8H2,(H,19,21)(H,20,22). The predicted molar refractivity (Wildman–Crippen MR) is 79.6 cm³/mol. The fourth-order valence-electron chi connectivity index (χ4n) is 2.15. The maximum absolute atomic E-state index is 12.9. The molecule has 1 saturated carbocycles. The number of aromatic nitrogens is 1. The highest BCUT2D eigenvalue weighted by atomic mass is 19.1. The number of carbonyl (C=O) groups is 2. The Labute approximate surface area is 126 Å². The Bertz CT molecular complexity index is 697. The molecule has 2 N–H and O–H groups in total. The number of amides is 2. The lowest BCUT2D eigenvalue weighted by atomic mass is 10.0. The van der Waals surface area contributed by atoms with E-state index >= 15 is 0 Å². The summed E-state index contributed by atoms with van der Waals surface area (Å²) in [5.41, 5.74) is -0.0373. The SMILES string of the molecule is O=C(Nc1ccc(F)cc1)C1(C(=O)Nc2cccnc2)CC1. The average Bonchev–Trinajstić information content (AvgIpc) is 3.32. The van der Waals surface area contributed by atoms with Crippen molar-refractivity contribution in [3.8, 4) is 0 Å². The number of carbonyl (C=O) groups excluding carboxylic acids is 2.